The van der Waals surface area contributed by atoms with E-state index in [0.717, 1.165) is 17.0 Å². The monoisotopic (exact) mass is 315 g/mol. The van der Waals surface area contributed by atoms with Crippen LogP contribution in [0.25, 0.3) is 0 Å². The number of carbonyl (C=O) groups excluding carboxylic acids is 1. The summed E-state index contributed by atoms with van der Waals surface area (Å²) in [6, 6.07) is 3.06. The van der Waals surface area contributed by atoms with Gasteiger partial charge in [0.15, 0.2) is 0 Å². The smallest absolute Gasteiger partial charge is 0.338 e. The van der Waals surface area contributed by atoms with Crippen LogP contribution >= 0.6 is 0 Å². The fourth-order valence-corrected chi connectivity index (χ4v) is 1.94. The standard InChI is InChI=1S/C13H21N3O4S/c1-6-9(2)14-11-7-10(13(17)20-4)8-12(15-11)16(3)21(5,18)19/h7-9H,6H2,1-5H3,(H,14,15). The first kappa shape index (κ1) is 17.2. The zero-order valence-electron chi connectivity index (χ0n) is 12.9. The molecule has 1 atom stereocenters. The van der Waals surface area contributed by atoms with Crippen LogP contribution in [-0.2, 0) is 14.8 Å². The van der Waals surface area contributed by atoms with E-state index in [0.29, 0.717) is 5.82 Å². The quantitative estimate of drug-likeness (QED) is 0.800. The molecule has 0 aromatic carbocycles. The molecule has 1 aromatic rings. The molecule has 0 aliphatic rings. The summed E-state index contributed by atoms with van der Waals surface area (Å²) in [4.78, 5) is 15.9. The predicted octanol–water partition coefficient (Wildman–Crippen LogP) is 1.47. The molecular weight excluding hydrogens is 294 g/mol. The first-order valence-corrected chi connectivity index (χ1v) is 8.34. The van der Waals surface area contributed by atoms with Gasteiger partial charge in [-0.3, -0.25) is 4.31 Å². The molecule has 21 heavy (non-hydrogen) atoms. The lowest BCUT2D eigenvalue weighted by molar-refractivity contribution is 0.0600. The van der Waals surface area contributed by atoms with E-state index in [9.17, 15) is 13.2 Å². The Bertz CT molecular complexity index is 616. The SMILES string of the molecule is CCC(C)Nc1cc(C(=O)OC)cc(N(C)S(C)(=O)=O)n1. The number of esters is 1. The van der Waals surface area contributed by atoms with Crippen LogP contribution in [0.1, 0.15) is 30.6 Å². The normalized spacial score (nSPS) is 12.6. The van der Waals surface area contributed by atoms with Crippen molar-refractivity contribution in [1.82, 2.24) is 4.98 Å². The van der Waals surface area contributed by atoms with Gasteiger partial charge in [-0.05, 0) is 25.5 Å². The van der Waals surface area contributed by atoms with Crippen molar-refractivity contribution in [3.8, 4) is 0 Å². The van der Waals surface area contributed by atoms with Gasteiger partial charge in [-0.2, -0.15) is 0 Å². The number of ether oxygens (including phenoxy) is 1. The maximum absolute atomic E-state index is 11.7. The molecular formula is C13H21N3O4S. The number of aromatic nitrogens is 1. The Hall–Kier alpha value is -1.83. The Kier molecular flexibility index (Phi) is 5.54. The summed E-state index contributed by atoms with van der Waals surface area (Å²) in [5.74, 6) is 0.0386. The molecule has 1 heterocycles. The number of pyridine rings is 1. The van der Waals surface area contributed by atoms with Gasteiger partial charge in [0.05, 0.1) is 18.9 Å². The fraction of sp³-hybridized carbons (Fsp3) is 0.538. The molecule has 0 saturated heterocycles. The highest BCUT2D eigenvalue weighted by Crippen LogP contribution is 2.20. The Balaban J connectivity index is 3.30. The van der Waals surface area contributed by atoms with Crippen LogP contribution in [0.15, 0.2) is 12.1 Å². The average Bonchev–Trinajstić information content (AvgIpc) is 2.43. The van der Waals surface area contributed by atoms with Crippen LogP contribution in [0.2, 0.25) is 0 Å². The molecule has 0 fully saturated rings. The highest BCUT2D eigenvalue weighted by atomic mass is 32.2. The zero-order valence-corrected chi connectivity index (χ0v) is 13.7. The second-order valence-corrected chi connectivity index (χ2v) is 6.79. The molecule has 118 valence electrons. The van der Waals surface area contributed by atoms with Crippen molar-refractivity contribution >= 4 is 27.6 Å². The first-order valence-electron chi connectivity index (χ1n) is 6.49. The molecule has 0 spiro atoms. The van der Waals surface area contributed by atoms with Gasteiger partial charge in [0.25, 0.3) is 0 Å². The molecule has 8 heteroatoms. The summed E-state index contributed by atoms with van der Waals surface area (Å²) < 4.78 is 28.9. The molecule has 1 N–H and O–H groups in total. The lowest BCUT2D eigenvalue weighted by Gasteiger charge is -2.19. The Labute approximate surface area is 125 Å². The lowest BCUT2D eigenvalue weighted by Crippen LogP contribution is -2.27. The van der Waals surface area contributed by atoms with Gasteiger partial charge in [-0.25, -0.2) is 18.2 Å². The number of methoxy groups -OCH3 is 1. The van der Waals surface area contributed by atoms with E-state index < -0.39 is 16.0 Å². The Morgan fingerprint density at radius 3 is 2.57 bits per heavy atom. The molecule has 0 radical (unpaired) electrons. The summed E-state index contributed by atoms with van der Waals surface area (Å²) in [6.07, 6.45) is 1.93. The van der Waals surface area contributed by atoms with Crippen molar-refractivity contribution in [3.05, 3.63) is 17.7 Å². The van der Waals surface area contributed by atoms with Crippen LogP contribution in [0.3, 0.4) is 0 Å². The van der Waals surface area contributed by atoms with Crippen LogP contribution in [0.4, 0.5) is 11.6 Å². The van der Waals surface area contributed by atoms with E-state index in [-0.39, 0.29) is 17.4 Å². The summed E-state index contributed by atoms with van der Waals surface area (Å²) in [7, 11) is -0.816. The van der Waals surface area contributed by atoms with Crippen LogP contribution in [0, 0.1) is 0 Å². The van der Waals surface area contributed by atoms with Crippen molar-refractivity contribution in [3.63, 3.8) is 0 Å². The third-order valence-electron chi connectivity index (χ3n) is 3.06. The molecule has 0 saturated carbocycles. The Morgan fingerprint density at radius 2 is 2.10 bits per heavy atom. The van der Waals surface area contributed by atoms with Gasteiger partial charge in [-0.1, -0.05) is 6.92 Å². The third kappa shape index (κ3) is 4.59. The average molecular weight is 315 g/mol. The first-order chi connectivity index (χ1) is 9.68. The third-order valence-corrected chi connectivity index (χ3v) is 4.24. The molecule has 0 amide bonds. The molecule has 1 aromatic heterocycles. The minimum absolute atomic E-state index is 0.141. The molecule has 0 bridgehead atoms. The predicted molar refractivity (Wildman–Crippen MR) is 82.2 cm³/mol. The van der Waals surface area contributed by atoms with E-state index in [1.54, 1.807) is 0 Å². The van der Waals surface area contributed by atoms with Gasteiger partial charge >= 0.3 is 5.97 Å². The summed E-state index contributed by atoms with van der Waals surface area (Å²) in [5.41, 5.74) is 0.240. The van der Waals surface area contributed by atoms with Crippen molar-refractivity contribution in [2.75, 3.05) is 30.0 Å². The van der Waals surface area contributed by atoms with Crippen LogP contribution < -0.4 is 9.62 Å². The number of anilines is 2. The van der Waals surface area contributed by atoms with Crippen molar-refractivity contribution in [1.29, 1.82) is 0 Å². The van der Waals surface area contributed by atoms with Gasteiger partial charge in [0, 0.05) is 13.1 Å². The largest absolute Gasteiger partial charge is 0.465 e. The maximum Gasteiger partial charge on any atom is 0.338 e. The van der Waals surface area contributed by atoms with Crippen molar-refractivity contribution < 1.29 is 17.9 Å². The summed E-state index contributed by atoms with van der Waals surface area (Å²) in [6.45, 7) is 3.97. The summed E-state index contributed by atoms with van der Waals surface area (Å²) >= 11 is 0. The van der Waals surface area contributed by atoms with E-state index in [1.807, 2.05) is 13.8 Å². The maximum atomic E-state index is 11.7. The molecule has 7 nitrogen and oxygen atoms in total. The van der Waals surface area contributed by atoms with Gasteiger partial charge in [0.1, 0.15) is 11.6 Å². The van der Waals surface area contributed by atoms with Gasteiger partial charge < -0.3 is 10.1 Å². The lowest BCUT2D eigenvalue weighted by atomic mass is 10.2. The fourth-order valence-electron chi connectivity index (χ4n) is 1.51. The minimum Gasteiger partial charge on any atom is -0.465 e. The van der Waals surface area contributed by atoms with E-state index in [2.05, 4.69) is 15.0 Å². The second-order valence-electron chi connectivity index (χ2n) is 4.77. The number of sulfonamides is 1. The Morgan fingerprint density at radius 1 is 1.48 bits per heavy atom. The van der Waals surface area contributed by atoms with E-state index >= 15 is 0 Å². The molecule has 0 aliphatic carbocycles. The van der Waals surface area contributed by atoms with Crippen molar-refractivity contribution in [2.45, 2.75) is 26.3 Å². The number of rotatable bonds is 6. The number of nitrogens with one attached hydrogen (secondary N) is 1. The van der Waals surface area contributed by atoms with Crippen molar-refractivity contribution in [2.24, 2.45) is 0 Å². The molecule has 1 unspecified atom stereocenters. The number of hydrogen-bond acceptors (Lipinski definition) is 6. The molecule has 1 rings (SSSR count). The van der Waals surface area contributed by atoms with Gasteiger partial charge in [-0.15, -0.1) is 0 Å². The summed E-state index contributed by atoms with van der Waals surface area (Å²) in [5, 5.41) is 3.12. The van der Waals surface area contributed by atoms with Gasteiger partial charge in [0.2, 0.25) is 10.0 Å². The number of carbonyl (C=O) groups is 1. The van der Waals surface area contributed by atoms with E-state index in [1.165, 1.54) is 26.3 Å². The van der Waals surface area contributed by atoms with Crippen LogP contribution in [-0.4, -0.2) is 45.8 Å². The second kappa shape index (κ2) is 6.75. The highest BCUT2D eigenvalue weighted by Gasteiger charge is 2.18. The topological polar surface area (TPSA) is 88.6 Å². The number of hydrogen-bond donors (Lipinski definition) is 1. The molecule has 0 aliphatic heterocycles. The van der Waals surface area contributed by atoms with E-state index in [4.69, 9.17) is 0 Å². The zero-order chi connectivity index (χ0) is 16.2. The number of nitrogens with zero attached hydrogens (tertiary/aromatic N) is 2. The minimum atomic E-state index is -3.46. The highest BCUT2D eigenvalue weighted by molar-refractivity contribution is 7.92. The van der Waals surface area contributed by atoms with Crippen LogP contribution in [0.5, 0.6) is 0 Å².